The highest BCUT2D eigenvalue weighted by Crippen LogP contribution is 2.31. The van der Waals surface area contributed by atoms with E-state index in [4.69, 9.17) is 0 Å². The van der Waals surface area contributed by atoms with Gasteiger partial charge in [0.1, 0.15) is 0 Å². The van der Waals surface area contributed by atoms with Gasteiger partial charge in [-0.2, -0.15) is 0 Å². The van der Waals surface area contributed by atoms with Crippen molar-refractivity contribution in [3.05, 3.63) is 0 Å². The first kappa shape index (κ1) is 16.9. The second-order valence-corrected chi connectivity index (χ2v) is 5.12. The Kier molecular flexibility index (Phi) is 8.89. The van der Waals surface area contributed by atoms with Crippen LogP contribution in [-0.4, -0.2) is 49.1 Å². The highest BCUT2D eigenvalue weighted by molar-refractivity contribution is 4.90. The van der Waals surface area contributed by atoms with Gasteiger partial charge >= 0.3 is 0 Å². The summed E-state index contributed by atoms with van der Waals surface area (Å²) in [6.45, 7) is 18.0. The van der Waals surface area contributed by atoms with Crippen LogP contribution < -0.4 is 0 Å². The minimum Gasteiger partial charge on any atom is -0.306 e. The fourth-order valence-electron chi connectivity index (χ4n) is 2.81. The number of hydrogen-bond donors (Lipinski definition) is 0. The molecule has 0 saturated carbocycles. The Morgan fingerprint density at radius 3 is 1.94 bits per heavy atom. The van der Waals surface area contributed by atoms with Gasteiger partial charge in [0.15, 0.2) is 0 Å². The quantitative estimate of drug-likeness (QED) is 0.696. The third-order valence-corrected chi connectivity index (χ3v) is 3.76. The second-order valence-electron chi connectivity index (χ2n) is 5.12. The molecule has 2 nitrogen and oxygen atoms in total. The van der Waals surface area contributed by atoms with Crippen LogP contribution in [0, 0.1) is 11.8 Å². The molecule has 2 aliphatic heterocycles. The Labute approximate surface area is 109 Å². The van der Waals surface area contributed by atoms with Gasteiger partial charge in [-0.3, -0.25) is 0 Å². The summed E-state index contributed by atoms with van der Waals surface area (Å²) in [4.78, 5) is 5.14. The summed E-state index contributed by atoms with van der Waals surface area (Å²) in [5.74, 6) is 1.96. The minimum atomic E-state index is 0.746. The number of nitrogens with zero attached hydrogens (tertiary/aromatic N) is 2. The molecule has 2 heterocycles. The van der Waals surface area contributed by atoms with E-state index >= 15 is 0 Å². The fraction of sp³-hybridized carbons (Fsp3) is 1.00. The maximum absolute atomic E-state index is 2.65. The van der Waals surface area contributed by atoms with Crippen molar-refractivity contribution in [3.63, 3.8) is 0 Å². The molecule has 0 spiro atoms. The molecular weight excluding hydrogens is 208 g/mol. The summed E-state index contributed by atoms with van der Waals surface area (Å²) < 4.78 is 0. The molecule has 0 aromatic rings. The van der Waals surface area contributed by atoms with Gasteiger partial charge in [-0.15, -0.1) is 0 Å². The Morgan fingerprint density at radius 2 is 1.41 bits per heavy atom. The zero-order chi connectivity index (χ0) is 13.4. The topological polar surface area (TPSA) is 6.48 Å². The Balaban J connectivity index is 0.000000581. The van der Waals surface area contributed by atoms with E-state index < -0.39 is 0 Å². The Bertz CT molecular complexity index is 180. The summed E-state index contributed by atoms with van der Waals surface area (Å²) >= 11 is 0. The summed E-state index contributed by atoms with van der Waals surface area (Å²) in [5.41, 5.74) is 0. The largest absolute Gasteiger partial charge is 0.306 e. The van der Waals surface area contributed by atoms with Gasteiger partial charge in [-0.05, 0) is 45.7 Å². The number of likely N-dealkylation sites (tertiary alicyclic amines) is 2. The van der Waals surface area contributed by atoms with Crippen molar-refractivity contribution in [1.82, 2.24) is 9.80 Å². The van der Waals surface area contributed by atoms with E-state index in [1.165, 1.54) is 32.6 Å². The molecule has 2 unspecified atom stereocenters. The van der Waals surface area contributed by atoms with Crippen molar-refractivity contribution in [1.29, 1.82) is 0 Å². The first-order valence-electron chi connectivity index (χ1n) is 7.59. The highest BCUT2D eigenvalue weighted by Gasteiger charge is 2.36. The molecule has 2 atom stereocenters. The van der Waals surface area contributed by atoms with Gasteiger partial charge in [-0.1, -0.05) is 27.7 Å². The van der Waals surface area contributed by atoms with Gasteiger partial charge < -0.3 is 9.80 Å². The fourth-order valence-corrected chi connectivity index (χ4v) is 2.81. The molecule has 0 amide bonds. The van der Waals surface area contributed by atoms with E-state index in [9.17, 15) is 0 Å². The molecule has 2 aliphatic rings. The monoisotopic (exact) mass is 242 g/mol. The van der Waals surface area contributed by atoms with E-state index in [1.807, 2.05) is 27.7 Å². The zero-order valence-electron chi connectivity index (χ0n) is 13.2. The molecule has 0 radical (unpaired) electrons. The maximum Gasteiger partial charge on any atom is 0.00388 e. The Morgan fingerprint density at radius 1 is 0.882 bits per heavy atom. The van der Waals surface area contributed by atoms with Crippen LogP contribution in [0.3, 0.4) is 0 Å². The van der Waals surface area contributed by atoms with Crippen LogP contribution in [0.2, 0.25) is 0 Å². The Hall–Kier alpha value is -0.0800. The lowest BCUT2D eigenvalue weighted by Crippen LogP contribution is -2.37. The molecule has 0 aliphatic carbocycles. The van der Waals surface area contributed by atoms with Gasteiger partial charge in [-0.25, -0.2) is 0 Å². The normalized spacial score (nSPS) is 28.9. The standard InChI is InChI=1S/C11H22N2.2C2H6/c1-9(2)13-7-10-4-5-12(3)6-11(10)8-13;2*1-2/h9-11H,4-8H2,1-3H3;2*1-2H3. The molecule has 2 rings (SSSR count). The lowest BCUT2D eigenvalue weighted by atomic mass is 9.89. The molecule has 0 aromatic heterocycles. The molecule has 2 saturated heterocycles. The lowest BCUT2D eigenvalue weighted by molar-refractivity contribution is 0.178. The highest BCUT2D eigenvalue weighted by atomic mass is 15.2. The molecule has 2 fully saturated rings. The third-order valence-electron chi connectivity index (χ3n) is 3.76. The molecule has 17 heavy (non-hydrogen) atoms. The number of hydrogen-bond acceptors (Lipinski definition) is 2. The predicted molar refractivity (Wildman–Crippen MR) is 78.5 cm³/mol. The summed E-state index contributed by atoms with van der Waals surface area (Å²) in [5, 5.41) is 0. The minimum absolute atomic E-state index is 0.746. The number of fused-ring (bicyclic) bond motifs is 1. The van der Waals surface area contributed by atoms with Gasteiger partial charge in [0.2, 0.25) is 0 Å². The van der Waals surface area contributed by atoms with Crippen molar-refractivity contribution in [3.8, 4) is 0 Å². The summed E-state index contributed by atoms with van der Waals surface area (Å²) in [6.07, 6.45) is 1.42. The predicted octanol–water partition coefficient (Wildman–Crippen LogP) is 3.33. The second kappa shape index (κ2) is 8.93. The molecule has 2 heteroatoms. The third kappa shape index (κ3) is 4.97. The van der Waals surface area contributed by atoms with Gasteiger partial charge in [0.25, 0.3) is 0 Å². The van der Waals surface area contributed by atoms with Crippen LogP contribution in [0.1, 0.15) is 48.0 Å². The van der Waals surface area contributed by atoms with E-state index in [1.54, 1.807) is 0 Å². The van der Waals surface area contributed by atoms with Crippen molar-refractivity contribution < 1.29 is 0 Å². The maximum atomic E-state index is 2.65. The first-order chi connectivity index (χ1) is 8.16. The van der Waals surface area contributed by atoms with Gasteiger partial charge in [0.05, 0.1) is 0 Å². The van der Waals surface area contributed by atoms with Crippen LogP contribution in [-0.2, 0) is 0 Å². The van der Waals surface area contributed by atoms with Crippen LogP contribution in [0.5, 0.6) is 0 Å². The lowest BCUT2D eigenvalue weighted by Gasteiger charge is -2.31. The van der Waals surface area contributed by atoms with E-state index in [-0.39, 0.29) is 0 Å². The van der Waals surface area contributed by atoms with Crippen LogP contribution in [0.25, 0.3) is 0 Å². The van der Waals surface area contributed by atoms with Crippen molar-refractivity contribution in [2.75, 3.05) is 33.2 Å². The van der Waals surface area contributed by atoms with Crippen molar-refractivity contribution >= 4 is 0 Å². The van der Waals surface area contributed by atoms with Crippen LogP contribution in [0.4, 0.5) is 0 Å². The van der Waals surface area contributed by atoms with Crippen molar-refractivity contribution in [2.24, 2.45) is 11.8 Å². The van der Waals surface area contributed by atoms with Crippen molar-refractivity contribution in [2.45, 2.75) is 54.0 Å². The van der Waals surface area contributed by atoms with E-state index in [0.29, 0.717) is 0 Å². The molecule has 0 bridgehead atoms. The van der Waals surface area contributed by atoms with Crippen LogP contribution >= 0.6 is 0 Å². The molecular formula is C15H34N2. The van der Waals surface area contributed by atoms with E-state index in [2.05, 4.69) is 30.7 Å². The summed E-state index contributed by atoms with van der Waals surface area (Å²) in [7, 11) is 2.26. The first-order valence-corrected chi connectivity index (χ1v) is 7.59. The smallest absolute Gasteiger partial charge is 0.00388 e. The molecule has 0 aromatic carbocycles. The van der Waals surface area contributed by atoms with Crippen LogP contribution in [0.15, 0.2) is 0 Å². The number of rotatable bonds is 1. The summed E-state index contributed by atoms with van der Waals surface area (Å²) in [6, 6.07) is 0.746. The van der Waals surface area contributed by atoms with Gasteiger partial charge in [0, 0.05) is 25.7 Å². The zero-order valence-corrected chi connectivity index (χ0v) is 13.2. The SMILES string of the molecule is CC.CC.CC(C)N1CC2CCN(C)CC2C1. The average molecular weight is 242 g/mol. The average Bonchev–Trinajstić information content (AvgIpc) is 2.77. The molecule has 0 N–H and O–H groups in total. The molecule has 104 valence electrons. The number of piperidine rings is 1. The van der Waals surface area contributed by atoms with E-state index in [0.717, 1.165) is 17.9 Å².